The fourth-order valence-electron chi connectivity index (χ4n) is 1.43. The number of pyridine rings is 1. The van der Waals surface area contributed by atoms with Crippen LogP contribution in [0.25, 0.3) is 0 Å². The molecule has 94 valence electrons. The molecule has 0 aliphatic carbocycles. The first-order valence-electron chi connectivity index (χ1n) is 5.41. The second-order valence-electron chi connectivity index (χ2n) is 3.67. The SMILES string of the molecule is COCc1nc(N)cc(Oc2cccnc2C)n1. The number of aryl methyl sites for hydroxylation is 1. The predicted octanol–water partition coefficient (Wildman–Crippen LogP) is 1.70. The third-order valence-electron chi connectivity index (χ3n) is 2.22. The van der Waals surface area contributed by atoms with Gasteiger partial charge < -0.3 is 15.2 Å². The lowest BCUT2D eigenvalue weighted by Gasteiger charge is -2.08. The van der Waals surface area contributed by atoms with Gasteiger partial charge >= 0.3 is 0 Å². The lowest BCUT2D eigenvalue weighted by Crippen LogP contribution is -2.03. The molecule has 0 bridgehead atoms. The number of ether oxygens (including phenoxy) is 2. The summed E-state index contributed by atoms with van der Waals surface area (Å²) in [6, 6.07) is 5.17. The van der Waals surface area contributed by atoms with E-state index < -0.39 is 0 Å². The molecule has 0 aliphatic heterocycles. The van der Waals surface area contributed by atoms with Crippen LogP contribution in [0.2, 0.25) is 0 Å². The highest BCUT2D eigenvalue weighted by Crippen LogP contribution is 2.22. The van der Waals surface area contributed by atoms with Gasteiger partial charge in [-0.15, -0.1) is 0 Å². The normalized spacial score (nSPS) is 10.3. The minimum atomic E-state index is 0.285. The van der Waals surface area contributed by atoms with Crippen molar-refractivity contribution in [2.24, 2.45) is 0 Å². The van der Waals surface area contributed by atoms with E-state index >= 15 is 0 Å². The van der Waals surface area contributed by atoms with Gasteiger partial charge in [0.15, 0.2) is 11.6 Å². The van der Waals surface area contributed by atoms with Crippen LogP contribution in [0, 0.1) is 6.92 Å². The first-order valence-corrected chi connectivity index (χ1v) is 5.41. The molecule has 0 aliphatic rings. The first-order chi connectivity index (χ1) is 8.69. The number of rotatable bonds is 4. The fraction of sp³-hybridized carbons (Fsp3) is 0.250. The average Bonchev–Trinajstić information content (AvgIpc) is 2.32. The molecule has 6 heteroatoms. The number of nitrogens with zero attached hydrogens (tertiary/aromatic N) is 3. The molecule has 0 radical (unpaired) electrons. The molecule has 0 spiro atoms. The van der Waals surface area contributed by atoms with Crippen LogP contribution in [0.3, 0.4) is 0 Å². The summed E-state index contributed by atoms with van der Waals surface area (Å²) in [7, 11) is 1.57. The maximum atomic E-state index is 5.68. The van der Waals surface area contributed by atoms with Crippen molar-refractivity contribution >= 4 is 5.82 Å². The van der Waals surface area contributed by atoms with Crippen molar-refractivity contribution in [2.45, 2.75) is 13.5 Å². The second kappa shape index (κ2) is 5.42. The third kappa shape index (κ3) is 2.92. The highest BCUT2D eigenvalue weighted by Gasteiger charge is 2.06. The summed E-state index contributed by atoms with van der Waals surface area (Å²) in [5, 5.41) is 0. The fourth-order valence-corrected chi connectivity index (χ4v) is 1.43. The molecule has 18 heavy (non-hydrogen) atoms. The Morgan fingerprint density at radius 1 is 1.33 bits per heavy atom. The summed E-state index contributed by atoms with van der Waals surface area (Å²) in [4.78, 5) is 12.4. The molecule has 0 saturated carbocycles. The predicted molar refractivity (Wildman–Crippen MR) is 66.2 cm³/mol. The van der Waals surface area contributed by atoms with Crippen LogP contribution in [0.4, 0.5) is 5.82 Å². The molecule has 0 saturated heterocycles. The average molecular weight is 246 g/mol. The van der Waals surface area contributed by atoms with Crippen molar-refractivity contribution in [2.75, 3.05) is 12.8 Å². The Balaban J connectivity index is 2.26. The van der Waals surface area contributed by atoms with Gasteiger partial charge in [-0.25, -0.2) is 4.98 Å². The van der Waals surface area contributed by atoms with Gasteiger partial charge in [0, 0.05) is 19.4 Å². The molecule has 2 aromatic heterocycles. The van der Waals surface area contributed by atoms with Crippen LogP contribution >= 0.6 is 0 Å². The number of aromatic nitrogens is 3. The first kappa shape index (κ1) is 12.3. The van der Waals surface area contributed by atoms with Gasteiger partial charge in [0.05, 0.1) is 5.69 Å². The summed E-state index contributed by atoms with van der Waals surface area (Å²) in [6.45, 7) is 2.14. The van der Waals surface area contributed by atoms with Crippen molar-refractivity contribution in [3.63, 3.8) is 0 Å². The number of methoxy groups -OCH3 is 1. The number of nitrogens with two attached hydrogens (primary N) is 1. The number of hydrogen-bond acceptors (Lipinski definition) is 6. The Morgan fingerprint density at radius 2 is 2.17 bits per heavy atom. The topological polar surface area (TPSA) is 83.2 Å². The molecule has 2 aromatic rings. The van der Waals surface area contributed by atoms with Crippen LogP contribution in [0.5, 0.6) is 11.6 Å². The van der Waals surface area contributed by atoms with E-state index in [0.717, 1.165) is 5.69 Å². The number of hydrogen-bond donors (Lipinski definition) is 1. The van der Waals surface area contributed by atoms with E-state index in [1.807, 2.05) is 13.0 Å². The van der Waals surface area contributed by atoms with Crippen molar-refractivity contribution in [3.8, 4) is 11.6 Å². The minimum absolute atomic E-state index is 0.285. The summed E-state index contributed by atoms with van der Waals surface area (Å²) in [5.74, 6) is 1.84. The Morgan fingerprint density at radius 3 is 2.89 bits per heavy atom. The monoisotopic (exact) mass is 246 g/mol. The molecular weight excluding hydrogens is 232 g/mol. The lowest BCUT2D eigenvalue weighted by atomic mass is 10.3. The molecule has 0 aromatic carbocycles. The zero-order valence-corrected chi connectivity index (χ0v) is 10.3. The largest absolute Gasteiger partial charge is 0.437 e. The van der Waals surface area contributed by atoms with Gasteiger partial charge in [-0.1, -0.05) is 0 Å². The summed E-state index contributed by atoms with van der Waals surface area (Å²) in [6.07, 6.45) is 1.70. The Labute approximate surface area is 105 Å². The van der Waals surface area contributed by atoms with Crippen molar-refractivity contribution in [1.82, 2.24) is 15.0 Å². The van der Waals surface area contributed by atoms with Crippen molar-refractivity contribution in [1.29, 1.82) is 0 Å². The lowest BCUT2D eigenvalue weighted by molar-refractivity contribution is 0.177. The van der Waals surface area contributed by atoms with Gasteiger partial charge in [0.1, 0.15) is 12.4 Å². The van der Waals surface area contributed by atoms with E-state index in [2.05, 4.69) is 15.0 Å². The quantitative estimate of drug-likeness (QED) is 0.884. The summed E-state index contributed by atoms with van der Waals surface area (Å²) < 4.78 is 10.6. The van der Waals surface area contributed by atoms with Gasteiger partial charge in [0.25, 0.3) is 0 Å². The van der Waals surface area contributed by atoms with Crippen LogP contribution in [-0.2, 0) is 11.3 Å². The van der Waals surface area contributed by atoms with E-state index in [9.17, 15) is 0 Å². The van der Waals surface area contributed by atoms with E-state index in [4.69, 9.17) is 15.2 Å². The zero-order valence-electron chi connectivity index (χ0n) is 10.3. The maximum Gasteiger partial charge on any atom is 0.224 e. The van der Waals surface area contributed by atoms with Gasteiger partial charge in [-0.05, 0) is 19.1 Å². The molecule has 2 heterocycles. The number of nitrogen functional groups attached to an aromatic ring is 1. The minimum Gasteiger partial charge on any atom is -0.437 e. The summed E-state index contributed by atoms with van der Waals surface area (Å²) >= 11 is 0. The maximum absolute atomic E-state index is 5.68. The third-order valence-corrected chi connectivity index (χ3v) is 2.22. The van der Waals surface area contributed by atoms with E-state index in [0.29, 0.717) is 23.3 Å². The molecule has 0 fully saturated rings. The van der Waals surface area contributed by atoms with Gasteiger partial charge in [0.2, 0.25) is 5.88 Å². The zero-order chi connectivity index (χ0) is 13.0. The molecule has 0 unspecified atom stereocenters. The molecule has 0 atom stereocenters. The highest BCUT2D eigenvalue weighted by molar-refractivity contribution is 5.36. The van der Waals surface area contributed by atoms with Crippen LogP contribution in [0.15, 0.2) is 24.4 Å². The number of anilines is 1. The van der Waals surface area contributed by atoms with E-state index in [-0.39, 0.29) is 6.61 Å². The molecular formula is C12H14N4O2. The van der Waals surface area contributed by atoms with Crippen molar-refractivity contribution in [3.05, 3.63) is 35.9 Å². The van der Waals surface area contributed by atoms with E-state index in [1.165, 1.54) is 0 Å². The smallest absolute Gasteiger partial charge is 0.224 e. The van der Waals surface area contributed by atoms with Crippen LogP contribution in [0.1, 0.15) is 11.5 Å². The van der Waals surface area contributed by atoms with Crippen LogP contribution in [-0.4, -0.2) is 22.1 Å². The Bertz CT molecular complexity index is 545. The van der Waals surface area contributed by atoms with Gasteiger partial charge in [-0.2, -0.15) is 4.98 Å². The molecule has 2 rings (SSSR count). The Kier molecular flexibility index (Phi) is 3.69. The molecule has 2 N–H and O–H groups in total. The Hall–Kier alpha value is -2.21. The van der Waals surface area contributed by atoms with Crippen molar-refractivity contribution < 1.29 is 9.47 Å². The standard InChI is InChI=1S/C12H14N4O2/c1-8-9(4-3-5-14-8)18-12-6-10(13)15-11(16-12)7-17-2/h3-6H,7H2,1-2H3,(H2,13,15,16). The highest BCUT2D eigenvalue weighted by atomic mass is 16.5. The summed E-state index contributed by atoms with van der Waals surface area (Å²) in [5.41, 5.74) is 6.46. The molecule has 6 nitrogen and oxygen atoms in total. The van der Waals surface area contributed by atoms with Crippen LogP contribution < -0.4 is 10.5 Å². The molecule has 0 amide bonds. The van der Waals surface area contributed by atoms with Gasteiger partial charge in [-0.3, -0.25) is 4.98 Å². The van der Waals surface area contributed by atoms with E-state index in [1.54, 1.807) is 25.4 Å². The second-order valence-corrected chi connectivity index (χ2v) is 3.67.